The van der Waals surface area contributed by atoms with E-state index >= 15 is 0 Å². The molecule has 1 amide bonds. The largest absolute Gasteiger partial charge is 0.305 e. The number of carbonyl (C=O) groups excluding carboxylic acids is 1. The zero-order chi connectivity index (χ0) is 16.2. The van der Waals surface area contributed by atoms with Crippen LogP contribution in [-0.4, -0.2) is 15.7 Å². The molecule has 6 heteroatoms. The fourth-order valence-electron chi connectivity index (χ4n) is 2.11. The second-order valence-corrected chi connectivity index (χ2v) is 4.99. The number of anilines is 1. The highest BCUT2D eigenvalue weighted by molar-refractivity contribution is 6.03. The van der Waals surface area contributed by atoms with Gasteiger partial charge in [-0.15, -0.1) is 0 Å². The maximum Gasteiger partial charge on any atom is 0.256 e. The first-order valence-corrected chi connectivity index (χ1v) is 6.95. The smallest absolute Gasteiger partial charge is 0.256 e. The number of nitrogens with one attached hydrogen (secondary N) is 1. The van der Waals surface area contributed by atoms with Gasteiger partial charge in [0.1, 0.15) is 11.6 Å². The molecule has 1 heterocycles. The van der Waals surface area contributed by atoms with E-state index in [0.29, 0.717) is 12.4 Å². The summed E-state index contributed by atoms with van der Waals surface area (Å²) in [6.45, 7) is 0.454. The van der Waals surface area contributed by atoms with Crippen LogP contribution in [0.2, 0.25) is 0 Å². The van der Waals surface area contributed by atoms with E-state index in [2.05, 4.69) is 10.4 Å². The maximum absolute atomic E-state index is 13.1. The highest BCUT2D eigenvalue weighted by Gasteiger charge is 2.09. The van der Waals surface area contributed by atoms with Crippen molar-refractivity contribution in [1.82, 2.24) is 9.78 Å². The number of amides is 1. The topological polar surface area (TPSA) is 46.9 Å². The first kappa shape index (κ1) is 14.9. The van der Waals surface area contributed by atoms with Crippen molar-refractivity contribution < 1.29 is 13.6 Å². The first-order chi connectivity index (χ1) is 11.1. The van der Waals surface area contributed by atoms with Crippen molar-refractivity contribution in [1.29, 1.82) is 0 Å². The summed E-state index contributed by atoms with van der Waals surface area (Å²) in [6.07, 6.45) is 1.70. The van der Waals surface area contributed by atoms with E-state index in [1.165, 1.54) is 30.3 Å². The molecule has 1 aromatic heterocycles. The third kappa shape index (κ3) is 3.79. The van der Waals surface area contributed by atoms with Gasteiger partial charge in [-0.25, -0.2) is 8.78 Å². The van der Waals surface area contributed by atoms with E-state index in [1.54, 1.807) is 29.1 Å². The number of hydrogen-bond acceptors (Lipinski definition) is 2. The summed E-state index contributed by atoms with van der Waals surface area (Å²) in [6, 6.07) is 13.2. The van der Waals surface area contributed by atoms with Crippen LogP contribution in [0.5, 0.6) is 0 Å². The van der Waals surface area contributed by atoms with Crippen molar-refractivity contribution in [2.75, 3.05) is 5.32 Å². The molecule has 1 N–H and O–H groups in total. The number of carbonyl (C=O) groups is 1. The van der Waals surface area contributed by atoms with Crippen molar-refractivity contribution in [3.63, 3.8) is 0 Å². The molecule has 0 unspecified atom stereocenters. The predicted molar refractivity (Wildman–Crippen MR) is 82.1 cm³/mol. The van der Waals surface area contributed by atoms with Crippen LogP contribution in [0, 0.1) is 11.6 Å². The lowest BCUT2D eigenvalue weighted by molar-refractivity contribution is 0.102. The molecule has 23 heavy (non-hydrogen) atoms. The predicted octanol–water partition coefficient (Wildman–Crippen LogP) is 3.46. The molecule has 3 aromatic rings. The Hall–Kier alpha value is -3.02. The number of nitrogens with zero attached hydrogens (tertiary/aromatic N) is 2. The van der Waals surface area contributed by atoms with Crippen LogP contribution < -0.4 is 5.32 Å². The molecule has 0 radical (unpaired) electrons. The lowest BCUT2D eigenvalue weighted by Crippen LogP contribution is -2.13. The van der Waals surface area contributed by atoms with E-state index in [9.17, 15) is 13.6 Å². The minimum atomic E-state index is -0.473. The van der Waals surface area contributed by atoms with Gasteiger partial charge in [-0.1, -0.05) is 18.2 Å². The van der Waals surface area contributed by atoms with Crippen LogP contribution in [0.15, 0.2) is 60.8 Å². The molecule has 2 aromatic carbocycles. The van der Waals surface area contributed by atoms with Crippen molar-refractivity contribution in [3.05, 3.63) is 83.6 Å². The van der Waals surface area contributed by atoms with Crippen LogP contribution >= 0.6 is 0 Å². The van der Waals surface area contributed by atoms with Crippen molar-refractivity contribution >= 4 is 11.7 Å². The normalized spacial score (nSPS) is 10.5. The van der Waals surface area contributed by atoms with Gasteiger partial charge in [0.25, 0.3) is 5.91 Å². The van der Waals surface area contributed by atoms with Crippen molar-refractivity contribution in [2.24, 2.45) is 0 Å². The quantitative estimate of drug-likeness (QED) is 0.802. The summed E-state index contributed by atoms with van der Waals surface area (Å²) in [5.74, 6) is -0.838. The average molecular weight is 313 g/mol. The molecule has 0 saturated heterocycles. The number of hydrogen-bond donors (Lipinski definition) is 1. The van der Waals surface area contributed by atoms with Crippen molar-refractivity contribution in [2.45, 2.75) is 6.54 Å². The molecule has 0 atom stereocenters. The summed E-state index contributed by atoms with van der Waals surface area (Å²) in [5.41, 5.74) is 1.11. The van der Waals surface area contributed by atoms with Crippen LogP contribution in [0.25, 0.3) is 0 Å². The standard InChI is InChI=1S/C17H13F2N3O/c18-14-6-4-12(5-7-14)11-22-9-8-16(21-22)20-17(23)13-2-1-3-15(19)10-13/h1-10H,11H2,(H,20,21,23). The molecule has 0 aliphatic carbocycles. The Kier molecular flexibility index (Phi) is 4.14. The Bertz CT molecular complexity index is 828. The molecule has 3 rings (SSSR count). The molecule has 0 bridgehead atoms. The van der Waals surface area contributed by atoms with Gasteiger partial charge in [-0.2, -0.15) is 5.10 Å². The van der Waals surface area contributed by atoms with Crippen LogP contribution in [0.3, 0.4) is 0 Å². The summed E-state index contributed by atoms with van der Waals surface area (Å²) >= 11 is 0. The first-order valence-electron chi connectivity index (χ1n) is 6.95. The van der Waals surface area contributed by atoms with Gasteiger partial charge in [0, 0.05) is 17.8 Å². The summed E-state index contributed by atoms with van der Waals surface area (Å²) in [5, 5.41) is 6.82. The average Bonchev–Trinajstić information content (AvgIpc) is 2.96. The van der Waals surface area contributed by atoms with E-state index in [-0.39, 0.29) is 11.4 Å². The van der Waals surface area contributed by atoms with Crippen LogP contribution in [0.1, 0.15) is 15.9 Å². The summed E-state index contributed by atoms with van der Waals surface area (Å²) in [4.78, 5) is 12.0. The van der Waals surface area contributed by atoms with E-state index < -0.39 is 11.7 Å². The maximum atomic E-state index is 13.1. The third-order valence-electron chi connectivity index (χ3n) is 3.23. The molecule has 0 aliphatic heterocycles. The highest BCUT2D eigenvalue weighted by atomic mass is 19.1. The minimum Gasteiger partial charge on any atom is -0.305 e. The van der Waals surface area contributed by atoms with Gasteiger partial charge in [0.2, 0.25) is 0 Å². The van der Waals surface area contributed by atoms with Gasteiger partial charge in [-0.3, -0.25) is 9.48 Å². The molecule has 0 saturated carbocycles. The molecule has 0 aliphatic rings. The SMILES string of the molecule is O=C(Nc1ccn(Cc2ccc(F)cc2)n1)c1cccc(F)c1. The Morgan fingerprint density at radius 2 is 1.83 bits per heavy atom. The van der Waals surface area contributed by atoms with Gasteiger partial charge >= 0.3 is 0 Å². The molecule has 116 valence electrons. The highest BCUT2D eigenvalue weighted by Crippen LogP contribution is 2.10. The van der Waals surface area contributed by atoms with E-state index in [4.69, 9.17) is 0 Å². The fraction of sp³-hybridized carbons (Fsp3) is 0.0588. The van der Waals surface area contributed by atoms with Gasteiger partial charge in [0.05, 0.1) is 6.54 Å². The minimum absolute atomic E-state index is 0.220. The zero-order valence-electron chi connectivity index (χ0n) is 12.0. The number of halogens is 2. The number of rotatable bonds is 4. The van der Waals surface area contributed by atoms with E-state index in [0.717, 1.165) is 11.6 Å². The van der Waals surface area contributed by atoms with Crippen LogP contribution in [-0.2, 0) is 6.54 Å². The van der Waals surface area contributed by atoms with Crippen molar-refractivity contribution in [3.8, 4) is 0 Å². The Morgan fingerprint density at radius 3 is 2.57 bits per heavy atom. The zero-order valence-corrected chi connectivity index (χ0v) is 12.0. The summed E-state index contributed by atoms with van der Waals surface area (Å²) < 4.78 is 27.6. The number of aromatic nitrogens is 2. The van der Waals surface area contributed by atoms with Crippen LogP contribution in [0.4, 0.5) is 14.6 Å². The molecule has 0 spiro atoms. The Labute approximate surface area is 131 Å². The molecule has 0 fully saturated rings. The fourth-order valence-corrected chi connectivity index (χ4v) is 2.11. The summed E-state index contributed by atoms with van der Waals surface area (Å²) in [7, 11) is 0. The molecule has 4 nitrogen and oxygen atoms in total. The second-order valence-electron chi connectivity index (χ2n) is 4.99. The lowest BCUT2D eigenvalue weighted by atomic mass is 10.2. The van der Waals surface area contributed by atoms with Gasteiger partial charge in [0.15, 0.2) is 5.82 Å². The molecular weight excluding hydrogens is 300 g/mol. The third-order valence-corrected chi connectivity index (χ3v) is 3.23. The Morgan fingerprint density at radius 1 is 1.04 bits per heavy atom. The second kappa shape index (κ2) is 6.39. The number of benzene rings is 2. The molecular formula is C17H13F2N3O. The van der Waals surface area contributed by atoms with Gasteiger partial charge in [-0.05, 0) is 35.9 Å². The monoisotopic (exact) mass is 313 g/mol. The Balaban J connectivity index is 1.67. The van der Waals surface area contributed by atoms with Gasteiger partial charge < -0.3 is 5.32 Å². The van der Waals surface area contributed by atoms with E-state index in [1.807, 2.05) is 0 Å². The lowest BCUT2D eigenvalue weighted by Gasteiger charge is -2.03.